The van der Waals surface area contributed by atoms with Crippen LogP contribution in [0.2, 0.25) is 18.1 Å². The minimum Gasteiger partial charge on any atom is -0.456 e. The SMILES string of the molecule is C[C@@H](O[Si](C)(C)C(C)(C)C)[C@@H]1C(=O)N2C(C(=O)OCc3ccc([N+](=O)[O-])cc3)=C(CN3c4cccc5c(CCO)ccc(c45)S3(=O)=O)[C@H](C)[C@H]12. The second-order valence-electron chi connectivity index (χ2n) is 14.9. The van der Waals surface area contributed by atoms with Crippen molar-refractivity contribution in [2.75, 3.05) is 17.5 Å². The van der Waals surface area contributed by atoms with Crippen molar-refractivity contribution < 1.29 is 37.2 Å². The maximum atomic E-state index is 14.2. The van der Waals surface area contributed by atoms with Crippen LogP contribution >= 0.6 is 0 Å². The highest BCUT2D eigenvalue weighted by molar-refractivity contribution is 7.93. The van der Waals surface area contributed by atoms with E-state index in [2.05, 4.69) is 33.9 Å². The standard InChI is InChI=1S/C36H43N3O9SSi/c1-21-27(19-37-28-10-8-9-26-24(17-18-40)13-16-29(31(26)28)49(37,45)46)33(35(42)47-20-23-11-14-25(15-12-23)39(43)44)38-32(21)30(34(38)41)22(2)48-50(6,7)36(3,4)5/h8-16,21-22,30,32,40H,17-20H2,1-7H3/t21-,22+,30-,32+/m0/s1. The molecule has 1 N–H and O–H groups in total. The highest BCUT2D eigenvalue weighted by atomic mass is 32.2. The Bertz CT molecular complexity index is 2040. The number of esters is 1. The fourth-order valence-electron chi connectivity index (χ4n) is 7.23. The van der Waals surface area contributed by atoms with Crippen LogP contribution in [0.5, 0.6) is 0 Å². The summed E-state index contributed by atoms with van der Waals surface area (Å²) in [5.41, 5.74) is 2.17. The summed E-state index contributed by atoms with van der Waals surface area (Å²) >= 11 is 0. The molecular formula is C36H43N3O9SSi. The molecular weight excluding hydrogens is 679 g/mol. The molecule has 0 bridgehead atoms. The first-order valence-corrected chi connectivity index (χ1v) is 21.1. The van der Waals surface area contributed by atoms with Crippen molar-refractivity contribution in [3.05, 3.63) is 87.1 Å². The number of amides is 1. The molecule has 3 aromatic rings. The molecule has 6 rings (SSSR count). The number of benzene rings is 3. The van der Waals surface area contributed by atoms with Gasteiger partial charge in [-0.15, -0.1) is 0 Å². The van der Waals surface area contributed by atoms with Gasteiger partial charge in [0.2, 0.25) is 5.91 Å². The monoisotopic (exact) mass is 721 g/mol. The summed E-state index contributed by atoms with van der Waals surface area (Å²) in [7, 11) is -6.32. The maximum Gasteiger partial charge on any atom is 0.355 e. The number of carbonyl (C=O) groups is 2. The Kier molecular flexibility index (Phi) is 8.99. The lowest BCUT2D eigenvalue weighted by atomic mass is 9.77. The fourth-order valence-corrected chi connectivity index (χ4v) is 10.3. The first-order chi connectivity index (χ1) is 23.4. The van der Waals surface area contributed by atoms with Gasteiger partial charge in [0.15, 0.2) is 8.32 Å². The van der Waals surface area contributed by atoms with Crippen LogP contribution in [0.25, 0.3) is 10.8 Å². The van der Waals surface area contributed by atoms with Crippen LogP contribution in [0.1, 0.15) is 45.7 Å². The van der Waals surface area contributed by atoms with Crippen molar-refractivity contribution >= 4 is 52.4 Å². The average molecular weight is 722 g/mol. The molecule has 3 aliphatic rings. The van der Waals surface area contributed by atoms with Crippen LogP contribution < -0.4 is 4.31 Å². The summed E-state index contributed by atoms with van der Waals surface area (Å²) in [6.45, 7) is 13.9. The minimum absolute atomic E-state index is 0.0180. The molecule has 14 heteroatoms. The molecule has 3 aromatic carbocycles. The molecule has 0 spiro atoms. The molecule has 0 aromatic heterocycles. The number of sulfonamides is 1. The van der Waals surface area contributed by atoms with E-state index in [1.54, 1.807) is 24.3 Å². The Labute approximate surface area is 293 Å². The smallest absolute Gasteiger partial charge is 0.355 e. The molecule has 4 atom stereocenters. The van der Waals surface area contributed by atoms with Crippen LogP contribution in [0, 0.1) is 22.0 Å². The van der Waals surface area contributed by atoms with E-state index in [9.17, 15) is 33.2 Å². The maximum absolute atomic E-state index is 14.2. The number of anilines is 1. The number of rotatable bonds is 11. The molecule has 1 fully saturated rings. The number of nitro groups is 1. The topological polar surface area (TPSA) is 157 Å². The quantitative estimate of drug-likeness (QED) is 0.0866. The van der Waals surface area contributed by atoms with Crippen molar-refractivity contribution in [3.8, 4) is 0 Å². The van der Waals surface area contributed by atoms with Crippen molar-refractivity contribution in [2.45, 2.75) is 82.8 Å². The number of aliphatic hydroxyl groups excluding tert-OH is 1. The number of ether oxygens (including phenoxy) is 1. The summed E-state index contributed by atoms with van der Waals surface area (Å²) in [6.07, 6.45) is -0.0787. The molecule has 0 radical (unpaired) electrons. The predicted molar refractivity (Wildman–Crippen MR) is 190 cm³/mol. The predicted octanol–water partition coefficient (Wildman–Crippen LogP) is 5.68. The zero-order chi connectivity index (χ0) is 36.5. The van der Waals surface area contributed by atoms with E-state index in [0.29, 0.717) is 28.6 Å². The first-order valence-electron chi connectivity index (χ1n) is 16.7. The van der Waals surface area contributed by atoms with Crippen LogP contribution in [-0.2, 0) is 41.8 Å². The van der Waals surface area contributed by atoms with Gasteiger partial charge in [0, 0.05) is 30.0 Å². The van der Waals surface area contributed by atoms with E-state index in [1.165, 1.54) is 33.5 Å². The number of aliphatic hydroxyl groups is 1. The zero-order valence-electron chi connectivity index (χ0n) is 29.3. The number of fused-ring (bicyclic) bond motifs is 1. The van der Waals surface area contributed by atoms with Gasteiger partial charge in [-0.25, -0.2) is 13.2 Å². The Morgan fingerprint density at radius 2 is 1.78 bits per heavy atom. The van der Waals surface area contributed by atoms with Gasteiger partial charge in [0.25, 0.3) is 15.7 Å². The van der Waals surface area contributed by atoms with Gasteiger partial charge in [-0.3, -0.25) is 19.2 Å². The minimum atomic E-state index is -4.05. The van der Waals surface area contributed by atoms with Gasteiger partial charge in [-0.2, -0.15) is 0 Å². The third-order valence-corrected chi connectivity index (χ3v) is 17.3. The number of nitro benzene ring substituents is 1. The molecule has 12 nitrogen and oxygen atoms in total. The summed E-state index contributed by atoms with van der Waals surface area (Å²) in [5, 5.41) is 21.9. The number of hydrogen-bond acceptors (Lipinski definition) is 9. The third-order valence-electron chi connectivity index (χ3n) is 10.9. The first kappa shape index (κ1) is 35.7. The molecule has 0 saturated carbocycles. The lowest BCUT2D eigenvalue weighted by Gasteiger charge is -2.50. The Hall–Kier alpha value is -4.11. The number of carbonyl (C=O) groups excluding carboxylic acids is 2. The lowest BCUT2D eigenvalue weighted by molar-refractivity contribution is -0.384. The summed E-state index contributed by atoms with van der Waals surface area (Å²) in [5.74, 6) is -2.03. The number of hydrogen-bond donors (Lipinski definition) is 1. The van der Waals surface area contributed by atoms with Crippen molar-refractivity contribution in [1.29, 1.82) is 0 Å². The Morgan fingerprint density at radius 1 is 1.10 bits per heavy atom. The van der Waals surface area contributed by atoms with E-state index in [0.717, 1.165) is 10.9 Å². The van der Waals surface area contributed by atoms with E-state index in [4.69, 9.17) is 9.16 Å². The summed E-state index contributed by atoms with van der Waals surface area (Å²) < 4.78 is 42.0. The summed E-state index contributed by atoms with van der Waals surface area (Å²) in [6, 6.07) is 13.8. The van der Waals surface area contributed by atoms with Crippen LogP contribution in [-0.4, -0.2) is 68.8 Å². The third kappa shape index (κ3) is 5.71. The highest BCUT2D eigenvalue weighted by Gasteiger charge is 2.61. The fraction of sp³-hybridized carbons (Fsp3) is 0.444. The average Bonchev–Trinajstić information content (AvgIpc) is 3.41. The number of non-ortho nitro benzene ring substituents is 1. The van der Waals surface area contributed by atoms with Gasteiger partial charge >= 0.3 is 5.97 Å². The van der Waals surface area contributed by atoms with Crippen molar-refractivity contribution in [3.63, 3.8) is 0 Å². The zero-order valence-corrected chi connectivity index (χ0v) is 31.1. The van der Waals surface area contributed by atoms with Crippen LogP contribution in [0.15, 0.2) is 70.8 Å². The lowest BCUT2D eigenvalue weighted by Crippen LogP contribution is -2.65. The van der Waals surface area contributed by atoms with Crippen LogP contribution in [0.4, 0.5) is 11.4 Å². The molecule has 50 heavy (non-hydrogen) atoms. The number of β-lactam (4-membered cyclic amide) rings is 1. The van der Waals surface area contributed by atoms with Gasteiger partial charge in [0.05, 0.1) is 40.1 Å². The molecule has 0 aliphatic carbocycles. The molecule has 3 heterocycles. The number of nitrogens with zero attached hydrogens (tertiary/aromatic N) is 3. The molecule has 3 aliphatic heterocycles. The van der Waals surface area contributed by atoms with Crippen molar-refractivity contribution in [1.82, 2.24) is 4.90 Å². The largest absolute Gasteiger partial charge is 0.456 e. The summed E-state index contributed by atoms with van der Waals surface area (Å²) in [4.78, 5) is 40.2. The second-order valence-corrected chi connectivity index (χ2v) is 21.5. The van der Waals surface area contributed by atoms with E-state index in [-0.39, 0.29) is 47.0 Å². The van der Waals surface area contributed by atoms with E-state index in [1.807, 2.05) is 19.9 Å². The van der Waals surface area contributed by atoms with Crippen molar-refractivity contribution in [2.24, 2.45) is 11.8 Å². The van der Waals surface area contributed by atoms with E-state index < -0.39 is 53.2 Å². The molecule has 1 saturated heterocycles. The van der Waals surface area contributed by atoms with Gasteiger partial charge < -0.3 is 19.2 Å². The Balaban J connectivity index is 1.37. The highest BCUT2D eigenvalue weighted by Crippen LogP contribution is 2.51. The second kappa shape index (κ2) is 12.6. The van der Waals surface area contributed by atoms with Gasteiger partial charge in [-0.05, 0) is 77.8 Å². The van der Waals surface area contributed by atoms with Gasteiger partial charge in [-0.1, -0.05) is 45.9 Å². The molecule has 1 amide bonds. The Morgan fingerprint density at radius 3 is 2.40 bits per heavy atom. The molecule has 0 unspecified atom stereocenters. The van der Waals surface area contributed by atoms with Crippen LogP contribution in [0.3, 0.4) is 0 Å². The molecule has 266 valence electrons. The van der Waals surface area contributed by atoms with E-state index >= 15 is 0 Å². The normalized spacial score (nSPS) is 21.8. The van der Waals surface area contributed by atoms with Gasteiger partial charge in [0.1, 0.15) is 12.3 Å².